The highest BCUT2D eigenvalue weighted by Crippen LogP contribution is 2.30. The Morgan fingerprint density at radius 2 is 1.35 bits per heavy atom. The monoisotopic (exact) mass is 236 g/mol. The van der Waals surface area contributed by atoms with E-state index in [2.05, 4.69) is 13.8 Å². The minimum Gasteiger partial charge on any atom is -0.402 e. The molecule has 4 N–H and O–H groups in total. The lowest BCUT2D eigenvalue weighted by Gasteiger charge is -2.18. The van der Waals surface area contributed by atoms with Crippen LogP contribution in [0.15, 0.2) is 22.5 Å². The molecule has 0 saturated heterocycles. The van der Waals surface area contributed by atoms with E-state index in [4.69, 9.17) is 11.5 Å². The predicted molar refractivity (Wildman–Crippen MR) is 75.3 cm³/mol. The molecule has 1 saturated carbocycles. The maximum absolute atomic E-state index is 6.28. The van der Waals surface area contributed by atoms with E-state index >= 15 is 0 Å². The van der Waals surface area contributed by atoms with Crippen molar-refractivity contribution in [3.63, 3.8) is 0 Å². The van der Waals surface area contributed by atoms with Crippen LogP contribution in [0.4, 0.5) is 0 Å². The molecule has 0 aromatic carbocycles. The second-order valence-corrected chi connectivity index (χ2v) is 5.52. The summed E-state index contributed by atoms with van der Waals surface area (Å²) in [5.41, 5.74) is 17.0. The highest BCUT2D eigenvalue weighted by Gasteiger charge is 2.15. The van der Waals surface area contributed by atoms with E-state index in [1.807, 2.05) is 6.92 Å². The van der Waals surface area contributed by atoms with Crippen molar-refractivity contribution < 1.29 is 0 Å². The number of hydrogen-bond donors (Lipinski definition) is 2. The molecule has 1 fully saturated rings. The van der Waals surface area contributed by atoms with Crippen molar-refractivity contribution in [2.24, 2.45) is 17.4 Å². The average molecular weight is 236 g/mol. The first-order valence-corrected chi connectivity index (χ1v) is 6.98. The third kappa shape index (κ3) is 4.10. The summed E-state index contributed by atoms with van der Waals surface area (Å²) in [6.45, 7) is 6.34. The summed E-state index contributed by atoms with van der Waals surface area (Å²) in [5.74, 6) is 0.417. The lowest BCUT2D eigenvalue weighted by Crippen LogP contribution is -2.13. The van der Waals surface area contributed by atoms with Gasteiger partial charge in [-0.05, 0) is 49.7 Å². The fourth-order valence-corrected chi connectivity index (χ4v) is 2.54. The summed E-state index contributed by atoms with van der Waals surface area (Å²) in [6, 6.07) is 0. The van der Waals surface area contributed by atoms with Gasteiger partial charge in [0, 0.05) is 11.4 Å². The van der Waals surface area contributed by atoms with E-state index in [-0.39, 0.29) is 0 Å². The molecular formula is C15H28N2. The minimum absolute atomic E-state index is 0.417. The van der Waals surface area contributed by atoms with Crippen LogP contribution in [0.3, 0.4) is 0 Å². The molecule has 2 nitrogen and oxygen atoms in total. The average Bonchev–Trinajstić information content (AvgIpc) is 2.38. The molecule has 1 aliphatic rings. The van der Waals surface area contributed by atoms with Gasteiger partial charge in [-0.25, -0.2) is 0 Å². The van der Waals surface area contributed by atoms with Gasteiger partial charge in [-0.15, -0.1) is 0 Å². The van der Waals surface area contributed by atoms with E-state index in [9.17, 15) is 0 Å². The highest BCUT2D eigenvalue weighted by atomic mass is 14.6. The van der Waals surface area contributed by atoms with Gasteiger partial charge in [0.25, 0.3) is 0 Å². The summed E-state index contributed by atoms with van der Waals surface area (Å²) in [4.78, 5) is 0. The summed E-state index contributed by atoms with van der Waals surface area (Å²) >= 11 is 0. The topological polar surface area (TPSA) is 52.0 Å². The number of rotatable bonds is 1. The molecule has 0 bridgehead atoms. The molecule has 1 rings (SSSR count). The van der Waals surface area contributed by atoms with Crippen LogP contribution in [0, 0.1) is 5.92 Å². The van der Waals surface area contributed by atoms with Crippen LogP contribution < -0.4 is 11.5 Å². The van der Waals surface area contributed by atoms with E-state index in [1.165, 1.54) is 43.3 Å². The Balaban J connectivity index is 3.07. The minimum atomic E-state index is 0.417. The Kier molecular flexibility index (Phi) is 5.60. The van der Waals surface area contributed by atoms with Crippen LogP contribution in [0.5, 0.6) is 0 Å². The van der Waals surface area contributed by atoms with Gasteiger partial charge in [0.1, 0.15) is 0 Å². The van der Waals surface area contributed by atoms with Gasteiger partial charge in [-0.3, -0.25) is 0 Å². The first-order valence-electron chi connectivity index (χ1n) is 6.98. The number of nitrogens with two attached hydrogens (primary N) is 2. The van der Waals surface area contributed by atoms with Crippen molar-refractivity contribution in [1.29, 1.82) is 0 Å². The van der Waals surface area contributed by atoms with E-state index in [0.29, 0.717) is 5.92 Å². The van der Waals surface area contributed by atoms with Gasteiger partial charge in [0.2, 0.25) is 0 Å². The van der Waals surface area contributed by atoms with Crippen molar-refractivity contribution >= 4 is 0 Å². The molecule has 17 heavy (non-hydrogen) atoms. The van der Waals surface area contributed by atoms with Gasteiger partial charge >= 0.3 is 0 Å². The fourth-order valence-electron chi connectivity index (χ4n) is 2.54. The Hall–Kier alpha value is -0.920. The molecule has 0 atom stereocenters. The zero-order chi connectivity index (χ0) is 12.8. The van der Waals surface area contributed by atoms with Crippen LogP contribution in [0.25, 0.3) is 0 Å². The first-order chi connectivity index (χ1) is 8.04. The van der Waals surface area contributed by atoms with Crippen LogP contribution >= 0.6 is 0 Å². The molecular weight excluding hydrogens is 208 g/mol. The van der Waals surface area contributed by atoms with Gasteiger partial charge in [0.05, 0.1) is 0 Å². The van der Waals surface area contributed by atoms with Crippen LogP contribution in [0.2, 0.25) is 0 Å². The lowest BCUT2D eigenvalue weighted by atomic mass is 9.91. The summed E-state index contributed by atoms with van der Waals surface area (Å²) in [7, 11) is 0. The Morgan fingerprint density at radius 3 is 1.82 bits per heavy atom. The van der Waals surface area contributed by atoms with Crippen molar-refractivity contribution in [1.82, 2.24) is 0 Å². The molecule has 0 spiro atoms. The Labute approximate surface area is 106 Å². The van der Waals surface area contributed by atoms with Gasteiger partial charge < -0.3 is 11.5 Å². The number of hydrogen-bond acceptors (Lipinski definition) is 2. The molecule has 0 aliphatic heterocycles. The van der Waals surface area contributed by atoms with Crippen molar-refractivity contribution in [2.75, 3.05) is 0 Å². The van der Waals surface area contributed by atoms with Crippen molar-refractivity contribution in [3.8, 4) is 0 Å². The molecule has 0 amide bonds. The summed E-state index contributed by atoms with van der Waals surface area (Å²) in [5, 5.41) is 0. The second kappa shape index (κ2) is 6.73. The highest BCUT2D eigenvalue weighted by molar-refractivity contribution is 5.37. The Morgan fingerprint density at radius 1 is 0.882 bits per heavy atom. The quantitative estimate of drug-likeness (QED) is 0.727. The molecule has 0 aromatic rings. The molecule has 0 aromatic heterocycles. The smallest absolute Gasteiger partial charge is 0.0142 e. The summed E-state index contributed by atoms with van der Waals surface area (Å²) in [6.07, 6.45) is 8.71. The van der Waals surface area contributed by atoms with Gasteiger partial charge in [-0.1, -0.05) is 33.1 Å². The predicted octanol–water partition coefficient (Wildman–Crippen LogP) is 3.83. The maximum atomic E-state index is 6.28. The zero-order valence-corrected chi connectivity index (χ0v) is 11.7. The second-order valence-electron chi connectivity index (χ2n) is 5.52. The van der Waals surface area contributed by atoms with Crippen LogP contribution in [0.1, 0.15) is 65.7 Å². The Bertz CT molecular complexity index is 307. The largest absolute Gasteiger partial charge is 0.402 e. The molecule has 1 aliphatic carbocycles. The number of allylic oxidation sites excluding steroid dienone is 4. The molecule has 0 unspecified atom stereocenters. The fraction of sp³-hybridized carbons (Fsp3) is 0.733. The molecule has 2 heteroatoms. The van der Waals surface area contributed by atoms with Gasteiger partial charge in [-0.2, -0.15) is 0 Å². The molecule has 0 heterocycles. The lowest BCUT2D eigenvalue weighted by molar-refractivity contribution is 0.631. The first kappa shape index (κ1) is 14.1. The van der Waals surface area contributed by atoms with Crippen molar-refractivity contribution in [2.45, 2.75) is 65.7 Å². The van der Waals surface area contributed by atoms with Crippen LogP contribution in [-0.4, -0.2) is 0 Å². The van der Waals surface area contributed by atoms with E-state index < -0.39 is 0 Å². The van der Waals surface area contributed by atoms with Crippen molar-refractivity contribution in [3.05, 3.63) is 22.5 Å². The van der Waals surface area contributed by atoms with E-state index in [0.717, 1.165) is 24.2 Å². The maximum Gasteiger partial charge on any atom is 0.0142 e. The third-order valence-corrected chi connectivity index (χ3v) is 3.66. The standard InChI is InChI=1S/C15H28N2/c1-11(2)15(17)14-10-8-6-4-5-7-9-13(14)12(3)16/h11H,4-10,16-17H2,1-3H3/b13-12-,15-14-. The normalized spacial score (nSPS) is 24.9. The molecule has 0 radical (unpaired) electrons. The van der Waals surface area contributed by atoms with Gasteiger partial charge in [0.15, 0.2) is 0 Å². The van der Waals surface area contributed by atoms with E-state index in [1.54, 1.807) is 0 Å². The zero-order valence-electron chi connectivity index (χ0n) is 11.7. The van der Waals surface area contributed by atoms with Crippen LogP contribution in [-0.2, 0) is 0 Å². The summed E-state index contributed by atoms with van der Waals surface area (Å²) < 4.78 is 0. The third-order valence-electron chi connectivity index (χ3n) is 3.66. The molecule has 98 valence electrons. The SMILES string of the molecule is C/C(N)=C1\CCCCCCC\C1=C(\N)C(C)C.